The Morgan fingerprint density at radius 1 is 1.50 bits per heavy atom. The molecule has 0 aliphatic carbocycles. The van der Waals surface area contributed by atoms with Crippen LogP contribution in [0.25, 0.3) is 0 Å². The third kappa shape index (κ3) is 5.51. The van der Waals surface area contributed by atoms with E-state index < -0.39 is 17.7 Å². The van der Waals surface area contributed by atoms with E-state index in [9.17, 15) is 9.59 Å². The van der Waals surface area contributed by atoms with Crippen molar-refractivity contribution >= 4 is 39.9 Å². The molecule has 110 valence electrons. The van der Waals surface area contributed by atoms with Crippen molar-refractivity contribution in [2.24, 2.45) is 0 Å². The van der Waals surface area contributed by atoms with Crippen LogP contribution in [0.3, 0.4) is 0 Å². The molecule has 1 aromatic rings. The average molecular weight is 363 g/mol. The largest absolute Gasteiger partial charge is 0.444 e. The summed E-state index contributed by atoms with van der Waals surface area (Å²) in [5, 5.41) is 3.21. The summed E-state index contributed by atoms with van der Waals surface area (Å²) in [4.78, 5) is 22.6. The lowest BCUT2D eigenvalue weighted by atomic mass is 10.0. The van der Waals surface area contributed by atoms with E-state index in [0.717, 1.165) is 16.3 Å². The van der Waals surface area contributed by atoms with Crippen LogP contribution in [-0.2, 0) is 9.53 Å². The van der Waals surface area contributed by atoms with Crippen LogP contribution in [0.1, 0.15) is 38.8 Å². The first kappa shape index (κ1) is 17.0. The SMILES string of the molecule is CC(C)(C)OC(=O)N[C@@H](CC=O)c1cc(Cl)ccc1Br. The molecule has 1 atom stereocenters. The number of alkyl carbamates (subject to hydrolysis) is 1. The van der Waals surface area contributed by atoms with Crippen LogP contribution in [0.5, 0.6) is 0 Å². The highest BCUT2D eigenvalue weighted by Crippen LogP contribution is 2.28. The lowest BCUT2D eigenvalue weighted by molar-refractivity contribution is -0.108. The van der Waals surface area contributed by atoms with Crippen LogP contribution in [0.2, 0.25) is 5.02 Å². The van der Waals surface area contributed by atoms with Gasteiger partial charge in [0.2, 0.25) is 0 Å². The van der Waals surface area contributed by atoms with Crippen molar-refractivity contribution in [2.75, 3.05) is 0 Å². The fourth-order valence-electron chi connectivity index (χ4n) is 1.59. The van der Waals surface area contributed by atoms with Crippen molar-refractivity contribution in [1.82, 2.24) is 5.32 Å². The number of amides is 1. The molecule has 0 radical (unpaired) electrons. The second kappa shape index (κ2) is 7.09. The summed E-state index contributed by atoms with van der Waals surface area (Å²) in [7, 11) is 0. The highest BCUT2D eigenvalue weighted by molar-refractivity contribution is 9.10. The van der Waals surface area contributed by atoms with E-state index in [2.05, 4.69) is 21.2 Å². The smallest absolute Gasteiger partial charge is 0.408 e. The van der Waals surface area contributed by atoms with Crippen molar-refractivity contribution < 1.29 is 14.3 Å². The second-order valence-corrected chi connectivity index (χ2v) is 6.56. The van der Waals surface area contributed by atoms with Gasteiger partial charge in [-0.05, 0) is 44.5 Å². The molecule has 0 saturated heterocycles. The van der Waals surface area contributed by atoms with Gasteiger partial charge in [-0.15, -0.1) is 0 Å². The maximum absolute atomic E-state index is 11.8. The lowest BCUT2D eigenvalue weighted by Crippen LogP contribution is -2.35. The Bertz CT molecular complexity index is 500. The first-order valence-corrected chi connectivity index (χ1v) is 7.28. The van der Waals surface area contributed by atoms with E-state index in [0.29, 0.717) is 5.02 Å². The Morgan fingerprint density at radius 3 is 2.70 bits per heavy atom. The Hall–Kier alpha value is -1.07. The monoisotopic (exact) mass is 361 g/mol. The number of rotatable bonds is 4. The molecule has 0 fully saturated rings. The molecule has 0 heterocycles. The molecule has 4 nitrogen and oxygen atoms in total. The number of hydrogen-bond donors (Lipinski definition) is 1. The number of nitrogens with one attached hydrogen (secondary N) is 1. The average Bonchev–Trinajstić information content (AvgIpc) is 2.29. The van der Waals surface area contributed by atoms with Crippen LogP contribution in [0.15, 0.2) is 22.7 Å². The van der Waals surface area contributed by atoms with Gasteiger partial charge in [0.1, 0.15) is 11.9 Å². The summed E-state index contributed by atoms with van der Waals surface area (Å²) in [5.41, 5.74) is 0.136. The van der Waals surface area contributed by atoms with Crippen LogP contribution in [0.4, 0.5) is 4.79 Å². The zero-order valence-corrected chi connectivity index (χ0v) is 13.9. The Kier molecular flexibility index (Phi) is 6.02. The molecule has 0 aromatic heterocycles. The summed E-state index contributed by atoms with van der Waals surface area (Å²) in [6.07, 6.45) is 0.310. The quantitative estimate of drug-likeness (QED) is 0.814. The molecule has 1 rings (SSSR count). The van der Waals surface area contributed by atoms with Crippen molar-refractivity contribution in [1.29, 1.82) is 0 Å². The predicted octanol–water partition coefficient (Wildman–Crippen LogP) is 4.26. The van der Waals surface area contributed by atoms with Gasteiger partial charge < -0.3 is 14.8 Å². The molecule has 6 heteroatoms. The van der Waals surface area contributed by atoms with Crippen molar-refractivity contribution in [3.63, 3.8) is 0 Å². The fourth-order valence-corrected chi connectivity index (χ4v) is 2.29. The summed E-state index contributed by atoms with van der Waals surface area (Å²) in [6.45, 7) is 5.32. The minimum Gasteiger partial charge on any atom is -0.444 e. The molecule has 0 spiro atoms. The van der Waals surface area contributed by atoms with Gasteiger partial charge in [-0.2, -0.15) is 0 Å². The van der Waals surface area contributed by atoms with Crippen molar-refractivity contribution in [3.8, 4) is 0 Å². The van der Waals surface area contributed by atoms with E-state index in [1.54, 1.807) is 39.0 Å². The third-order valence-corrected chi connectivity index (χ3v) is 3.31. The van der Waals surface area contributed by atoms with Crippen molar-refractivity contribution in [3.05, 3.63) is 33.3 Å². The number of benzene rings is 1. The number of carbonyl (C=O) groups excluding carboxylic acids is 2. The minimum atomic E-state index is -0.596. The number of aldehydes is 1. The second-order valence-electron chi connectivity index (χ2n) is 5.27. The first-order chi connectivity index (χ1) is 9.23. The van der Waals surface area contributed by atoms with Crippen LogP contribution in [0, 0.1) is 0 Å². The number of carbonyl (C=O) groups is 2. The van der Waals surface area contributed by atoms with Gasteiger partial charge >= 0.3 is 6.09 Å². The maximum atomic E-state index is 11.8. The number of halogens is 2. The van der Waals surface area contributed by atoms with E-state index in [4.69, 9.17) is 16.3 Å². The van der Waals surface area contributed by atoms with E-state index in [1.165, 1.54) is 0 Å². The first-order valence-electron chi connectivity index (χ1n) is 6.11. The van der Waals surface area contributed by atoms with Gasteiger partial charge in [0.25, 0.3) is 0 Å². The van der Waals surface area contributed by atoms with Crippen molar-refractivity contribution in [2.45, 2.75) is 38.8 Å². The van der Waals surface area contributed by atoms with Gasteiger partial charge in [0.15, 0.2) is 0 Å². The van der Waals surface area contributed by atoms with Gasteiger partial charge in [0, 0.05) is 15.9 Å². The highest BCUT2D eigenvalue weighted by atomic mass is 79.9. The topological polar surface area (TPSA) is 55.4 Å². The minimum absolute atomic E-state index is 0.137. The van der Waals surface area contributed by atoms with Gasteiger partial charge in [0.05, 0.1) is 6.04 Å². The molecule has 0 aliphatic rings. The van der Waals surface area contributed by atoms with Crippen LogP contribution >= 0.6 is 27.5 Å². The summed E-state index contributed by atoms with van der Waals surface area (Å²) in [6, 6.07) is 4.71. The number of hydrogen-bond acceptors (Lipinski definition) is 3. The third-order valence-electron chi connectivity index (χ3n) is 2.36. The molecule has 1 amide bonds. The number of ether oxygens (including phenoxy) is 1. The zero-order valence-electron chi connectivity index (χ0n) is 11.6. The molecule has 20 heavy (non-hydrogen) atoms. The summed E-state index contributed by atoms with van der Waals surface area (Å²) in [5.74, 6) is 0. The van der Waals surface area contributed by atoms with E-state index >= 15 is 0 Å². The van der Waals surface area contributed by atoms with Gasteiger partial charge in [-0.25, -0.2) is 4.79 Å². The molecule has 0 aliphatic heterocycles. The predicted molar refractivity (Wildman–Crippen MR) is 81.9 cm³/mol. The van der Waals surface area contributed by atoms with E-state index in [1.807, 2.05) is 0 Å². The molecule has 1 aromatic carbocycles. The normalized spacial score (nSPS) is 12.7. The lowest BCUT2D eigenvalue weighted by Gasteiger charge is -2.23. The molecule has 0 bridgehead atoms. The van der Waals surface area contributed by atoms with Gasteiger partial charge in [-0.3, -0.25) is 0 Å². The molecular formula is C14H17BrClNO3. The molecule has 0 saturated carbocycles. The Morgan fingerprint density at radius 2 is 2.15 bits per heavy atom. The van der Waals surface area contributed by atoms with Crippen LogP contribution in [-0.4, -0.2) is 18.0 Å². The Labute approximate surface area is 132 Å². The Balaban J connectivity index is 2.91. The van der Waals surface area contributed by atoms with E-state index in [-0.39, 0.29) is 6.42 Å². The summed E-state index contributed by atoms with van der Waals surface area (Å²) >= 11 is 9.34. The molecule has 1 N–H and O–H groups in total. The fraction of sp³-hybridized carbons (Fsp3) is 0.429. The van der Waals surface area contributed by atoms with Gasteiger partial charge in [-0.1, -0.05) is 27.5 Å². The molecule has 0 unspecified atom stereocenters. The zero-order chi connectivity index (χ0) is 15.3. The summed E-state index contributed by atoms with van der Waals surface area (Å²) < 4.78 is 5.96. The standard InChI is InChI=1S/C14H17BrClNO3/c1-14(2,3)20-13(19)17-12(6-7-18)10-8-9(16)4-5-11(10)15/h4-5,7-8,12H,6H2,1-3H3,(H,17,19)/t12-/m0/s1. The van der Waals surface area contributed by atoms with Crippen LogP contribution < -0.4 is 5.32 Å². The highest BCUT2D eigenvalue weighted by Gasteiger charge is 2.21. The molecular weight excluding hydrogens is 346 g/mol. The maximum Gasteiger partial charge on any atom is 0.408 e.